The molecule has 0 aromatic heterocycles. The maximum absolute atomic E-state index is 5.45. The number of hydrogen-bond donors (Lipinski definition) is 0. The van der Waals surface area contributed by atoms with E-state index in [0.717, 1.165) is 5.75 Å². The Morgan fingerprint density at radius 2 is 1.94 bits per heavy atom. The Labute approximate surface area is 111 Å². The Balaban J connectivity index is 2.47. The van der Waals surface area contributed by atoms with Crippen LogP contribution in [0.5, 0.6) is 5.75 Å². The largest absolute Gasteiger partial charge is 0.496 e. The van der Waals surface area contributed by atoms with Crippen molar-refractivity contribution >= 4 is 15.9 Å². The summed E-state index contributed by atoms with van der Waals surface area (Å²) < 4.78 is 10.7. The fourth-order valence-electron chi connectivity index (χ4n) is 1.96. The van der Waals surface area contributed by atoms with Crippen LogP contribution in [-0.2, 0) is 14.5 Å². The first-order chi connectivity index (χ1) is 7.87. The third-order valence-electron chi connectivity index (χ3n) is 3.21. The van der Waals surface area contributed by atoms with E-state index < -0.39 is 0 Å². The number of alkyl halides is 1. The van der Waals surface area contributed by atoms with Crippen molar-refractivity contribution in [2.75, 3.05) is 20.3 Å². The highest BCUT2D eigenvalue weighted by Crippen LogP contribution is 2.44. The van der Waals surface area contributed by atoms with E-state index in [2.05, 4.69) is 54.9 Å². The number of rotatable bonds is 2. The van der Waals surface area contributed by atoms with Gasteiger partial charge in [-0.15, -0.1) is 0 Å². The van der Waals surface area contributed by atoms with Gasteiger partial charge in [-0.25, -0.2) is 0 Å². The number of halogens is 1. The summed E-state index contributed by atoms with van der Waals surface area (Å²) in [6.07, 6.45) is 0. The molecule has 0 saturated carbocycles. The lowest BCUT2D eigenvalue weighted by atomic mass is 9.83. The van der Waals surface area contributed by atoms with Crippen LogP contribution in [0.25, 0.3) is 0 Å². The molecule has 17 heavy (non-hydrogen) atoms. The van der Waals surface area contributed by atoms with Crippen LogP contribution in [0.1, 0.15) is 31.9 Å². The molecule has 0 spiro atoms. The molecule has 0 radical (unpaired) electrons. The van der Waals surface area contributed by atoms with Gasteiger partial charge in [-0.1, -0.05) is 42.8 Å². The van der Waals surface area contributed by atoms with Gasteiger partial charge in [-0.3, -0.25) is 0 Å². The predicted molar refractivity (Wildman–Crippen MR) is 73.1 cm³/mol. The van der Waals surface area contributed by atoms with Gasteiger partial charge in [0.15, 0.2) is 0 Å². The van der Waals surface area contributed by atoms with Crippen LogP contribution in [0.4, 0.5) is 0 Å². The van der Waals surface area contributed by atoms with Crippen molar-refractivity contribution in [2.24, 2.45) is 0 Å². The van der Waals surface area contributed by atoms with E-state index in [1.54, 1.807) is 7.11 Å². The molecule has 1 aliphatic rings. The Bertz CT molecular complexity index is 417. The quantitative estimate of drug-likeness (QED) is 0.777. The minimum atomic E-state index is -0.0698. The van der Waals surface area contributed by atoms with Gasteiger partial charge in [0, 0.05) is 5.56 Å². The van der Waals surface area contributed by atoms with E-state index in [4.69, 9.17) is 9.47 Å². The van der Waals surface area contributed by atoms with Crippen molar-refractivity contribution in [1.82, 2.24) is 0 Å². The van der Waals surface area contributed by atoms with E-state index in [0.29, 0.717) is 13.2 Å². The van der Waals surface area contributed by atoms with Crippen LogP contribution in [0.3, 0.4) is 0 Å². The van der Waals surface area contributed by atoms with Crippen LogP contribution < -0.4 is 4.74 Å². The molecular formula is C14H19BrO2. The van der Waals surface area contributed by atoms with Crippen molar-refractivity contribution in [3.05, 3.63) is 29.3 Å². The number of benzene rings is 1. The fourth-order valence-corrected chi connectivity index (χ4v) is 2.60. The van der Waals surface area contributed by atoms with Gasteiger partial charge in [0.25, 0.3) is 0 Å². The van der Waals surface area contributed by atoms with Gasteiger partial charge in [-0.05, 0) is 23.1 Å². The summed E-state index contributed by atoms with van der Waals surface area (Å²) in [4.78, 5) is 0. The van der Waals surface area contributed by atoms with Gasteiger partial charge in [0.2, 0.25) is 0 Å². The monoisotopic (exact) mass is 298 g/mol. The van der Waals surface area contributed by atoms with Crippen LogP contribution in [0.15, 0.2) is 18.2 Å². The molecule has 0 N–H and O–H groups in total. The zero-order valence-corrected chi connectivity index (χ0v) is 12.4. The molecule has 1 aromatic rings. The van der Waals surface area contributed by atoms with Gasteiger partial charge in [0.05, 0.1) is 20.3 Å². The molecular weight excluding hydrogens is 280 g/mol. The van der Waals surface area contributed by atoms with Crippen molar-refractivity contribution in [1.29, 1.82) is 0 Å². The fraction of sp³-hybridized carbons (Fsp3) is 0.571. The molecule has 0 unspecified atom stereocenters. The Kier molecular flexibility index (Phi) is 3.25. The van der Waals surface area contributed by atoms with E-state index in [1.165, 1.54) is 11.1 Å². The van der Waals surface area contributed by atoms with Crippen molar-refractivity contribution in [3.8, 4) is 5.75 Å². The molecule has 0 atom stereocenters. The highest BCUT2D eigenvalue weighted by Gasteiger charge is 2.40. The molecule has 0 aliphatic carbocycles. The van der Waals surface area contributed by atoms with Crippen LogP contribution >= 0.6 is 15.9 Å². The van der Waals surface area contributed by atoms with Gasteiger partial charge >= 0.3 is 0 Å². The zero-order chi connectivity index (χ0) is 12.7. The Hall–Kier alpha value is -0.540. The second kappa shape index (κ2) is 4.29. The molecule has 1 heterocycles. The molecule has 1 aliphatic heterocycles. The van der Waals surface area contributed by atoms with Crippen molar-refractivity contribution in [3.63, 3.8) is 0 Å². The van der Waals surface area contributed by atoms with Crippen molar-refractivity contribution in [2.45, 2.75) is 30.5 Å². The molecule has 1 fully saturated rings. The summed E-state index contributed by atoms with van der Waals surface area (Å²) in [5.41, 5.74) is 2.66. The van der Waals surface area contributed by atoms with Gasteiger partial charge < -0.3 is 9.47 Å². The second-order valence-electron chi connectivity index (χ2n) is 5.62. The molecule has 2 rings (SSSR count). The zero-order valence-electron chi connectivity index (χ0n) is 10.8. The van der Waals surface area contributed by atoms with Crippen molar-refractivity contribution < 1.29 is 9.47 Å². The first kappa shape index (κ1) is 12.9. The summed E-state index contributed by atoms with van der Waals surface area (Å²) in [5.74, 6) is 0.929. The number of hydrogen-bond acceptors (Lipinski definition) is 2. The minimum absolute atomic E-state index is 0.0698. The minimum Gasteiger partial charge on any atom is -0.496 e. The Morgan fingerprint density at radius 3 is 2.35 bits per heavy atom. The van der Waals surface area contributed by atoms with Crippen LogP contribution in [-0.4, -0.2) is 20.3 Å². The molecule has 1 aromatic carbocycles. The lowest BCUT2D eigenvalue weighted by molar-refractivity contribution is -0.00794. The van der Waals surface area contributed by atoms with Crippen LogP contribution in [0.2, 0.25) is 0 Å². The lowest BCUT2D eigenvalue weighted by Gasteiger charge is -2.38. The van der Waals surface area contributed by atoms with E-state index in [-0.39, 0.29) is 9.74 Å². The summed E-state index contributed by atoms with van der Waals surface area (Å²) in [6, 6.07) is 6.42. The molecule has 0 amide bonds. The highest BCUT2D eigenvalue weighted by atomic mass is 79.9. The molecule has 0 bridgehead atoms. The third-order valence-corrected chi connectivity index (χ3v) is 4.09. The first-order valence-corrected chi connectivity index (χ1v) is 6.62. The maximum atomic E-state index is 5.45. The average Bonchev–Trinajstić information content (AvgIpc) is 2.23. The van der Waals surface area contributed by atoms with E-state index in [9.17, 15) is 0 Å². The summed E-state index contributed by atoms with van der Waals surface area (Å²) >= 11 is 3.76. The van der Waals surface area contributed by atoms with Gasteiger partial charge in [0.1, 0.15) is 10.1 Å². The smallest absolute Gasteiger partial charge is 0.123 e. The summed E-state index contributed by atoms with van der Waals surface area (Å²) in [6.45, 7) is 8.07. The van der Waals surface area contributed by atoms with E-state index in [1.807, 2.05) is 0 Å². The van der Waals surface area contributed by atoms with E-state index >= 15 is 0 Å². The molecule has 1 saturated heterocycles. The second-order valence-corrected chi connectivity index (χ2v) is 7.14. The lowest BCUT2D eigenvalue weighted by Crippen LogP contribution is -2.41. The standard InChI is InChI=1S/C14H19BrO2/c1-13(2,3)10-5-6-12(16-4)11(7-10)14(15)8-17-9-14/h5-7H,8-9H2,1-4H3. The maximum Gasteiger partial charge on any atom is 0.123 e. The predicted octanol–water partition coefficient (Wildman–Crippen LogP) is 3.61. The Morgan fingerprint density at radius 1 is 1.29 bits per heavy atom. The SMILES string of the molecule is COc1ccc(C(C)(C)C)cc1C1(Br)COC1. The normalized spacial score (nSPS) is 18.6. The average molecular weight is 299 g/mol. The molecule has 2 nitrogen and oxygen atoms in total. The molecule has 94 valence electrons. The third kappa shape index (κ3) is 2.36. The number of methoxy groups -OCH3 is 1. The highest BCUT2D eigenvalue weighted by molar-refractivity contribution is 9.09. The van der Waals surface area contributed by atoms with Crippen LogP contribution in [0, 0.1) is 0 Å². The molecule has 3 heteroatoms. The summed E-state index contributed by atoms with van der Waals surface area (Å²) in [7, 11) is 1.71. The number of ether oxygens (including phenoxy) is 2. The van der Waals surface area contributed by atoms with Gasteiger partial charge in [-0.2, -0.15) is 0 Å². The first-order valence-electron chi connectivity index (χ1n) is 5.82. The summed E-state index contributed by atoms with van der Waals surface area (Å²) in [5, 5.41) is 0. The topological polar surface area (TPSA) is 18.5 Å².